The molecule has 2 rings (SSSR count). The van der Waals surface area contributed by atoms with Gasteiger partial charge in [-0.2, -0.15) is 0 Å². The first-order valence-electron chi connectivity index (χ1n) is 5.90. The van der Waals surface area contributed by atoms with Gasteiger partial charge in [0.05, 0.1) is 0 Å². The monoisotopic (exact) mass is 232 g/mol. The van der Waals surface area contributed by atoms with E-state index in [-0.39, 0.29) is 0 Å². The lowest BCUT2D eigenvalue weighted by atomic mass is 9.98. The van der Waals surface area contributed by atoms with Gasteiger partial charge in [-0.15, -0.1) is 0 Å². The lowest BCUT2D eigenvalue weighted by molar-refractivity contribution is 0.792. The lowest BCUT2D eigenvalue weighted by Crippen LogP contribution is -1.90. The van der Waals surface area contributed by atoms with Gasteiger partial charge in [0.15, 0.2) is 0 Å². The van der Waals surface area contributed by atoms with Crippen LogP contribution in [0.5, 0.6) is 0 Å². The summed E-state index contributed by atoms with van der Waals surface area (Å²) in [7, 11) is 0. The van der Waals surface area contributed by atoms with E-state index in [1.54, 1.807) is 0 Å². The van der Waals surface area contributed by atoms with Gasteiger partial charge >= 0.3 is 0 Å². The first-order valence-corrected chi connectivity index (χ1v) is 6.28. The number of unbranched alkanes of at least 4 members (excludes halogenated alkanes) is 1. The fraction of sp³-hybridized carbons (Fsp3) is 0.333. The van der Waals surface area contributed by atoms with Crippen molar-refractivity contribution in [2.45, 2.75) is 33.1 Å². The van der Waals surface area contributed by atoms with Crippen LogP contribution in [0.3, 0.4) is 0 Å². The molecule has 0 fully saturated rings. The number of aryl methyl sites for hydroxylation is 2. The predicted octanol–water partition coefficient (Wildman–Crippen LogP) is 5.14. The summed E-state index contributed by atoms with van der Waals surface area (Å²) in [5, 5.41) is 3.27. The highest BCUT2D eigenvalue weighted by Gasteiger charge is 2.03. The molecule has 0 heterocycles. The summed E-state index contributed by atoms with van der Waals surface area (Å²) >= 11 is 6.19. The van der Waals surface area contributed by atoms with Crippen LogP contribution in [0.1, 0.15) is 30.9 Å². The van der Waals surface area contributed by atoms with Crippen molar-refractivity contribution in [1.82, 2.24) is 0 Å². The van der Waals surface area contributed by atoms with Gasteiger partial charge in [0.2, 0.25) is 0 Å². The molecule has 0 aromatic heterocycles. The SMILES string of the molecule is CCCCc1cc2cccc(Cl)c2cc1C. The Hall–Kier alpha value is -1.01. The number of fused-ring (bicyclic) bond motifs is 1. The number of benzene rings is 2. The average Bonchev–Trinajstić information content (AvgIpc) is 2.28. The van der Waals surface area contributed by atoms with Gasteiger partial charge in [-0.1, -0.05) is 43.1 Å². The van der Waals surface area contributed by atoms with Gasteiger partial charge in [-0.25, -0.2) is 0 Å². The molecule has 0 atom stereocenters. The molecule has 0 unspecified atom stereocenters. The minimum absolute atomic E-state index is 0.850. The maximum atomic E-state index is 6.19. The zero-order valence-electron chi connectivity index (χ0n) is 9.89. The van der Waals surface area contributed by atoms with Crippen LogP contribution in [0.2, 0.25) is 5.02 Å². The highest BCUT2D eigenvalue weighted by atomic mass is 35.5. The molecule has 2 aromatic rings. The van der Waals surface area contributed by atoms with Crippen LogP contribution in [-0.2, 0) is 6.42 Å². The van der Waals surface area contributed by atoms with E-state index in [2.05, 4.69) is 32.0 Å². The third-order valence-corrected chi connectivity index (χ3v) is 3.41. The van der Waals surface area contributed by atoms with E-state index in [9.17, 15) is 0 Å². The molecule has 0 N–H and O–H groups in total. The third-order valence-electron chi connectivity index (χ3n) is 3.08. The van der Waals surface area contributed by atoms with E-state index in [4.69, 9.17) is 11.6 Å². The minimum Gasteiger partial charge on any atom is -0.0837 e. The van der Waals surface area contributed by atoms with Crippen LogP contribution < -0.4 is 0 Å². The summed E-state index contributed by atoms with van der Waals surface area (Å²) in [6.45, 7) is 4.40. The number of halogens is 1. The largest absolute Gasteiger partial charge is 0.0837 e. The molecule has 0 saturated heterocycles. The highest BCUT2D eigenvalue weighted by molar-refractivity contribution is 6.35. The first-order chi connectivity index (χ1) is 7.72. The summed E-state index contributed by atoms with van der Waals surface area (Å²) in [4.78, 5) is 0. The molecule has 0 saturated carbocycles. The van der Waals surface area contributed by atoms with E-state index in [1.165, 1.54) is 41.2 Å². The second-order valence-corrected chi connectivity index (χ2v) is 4.75. The van der Waals surface area contributed by atoms with Crippen LogP contribution in [-0.4, -0.2) is 0 Å². The van der Waals surface area contributed by atoms with Crippen LogP contribution in [0.25, 0.3) is 10.8 Å². The topological polar surface area (TPSA) is 0 Å². The minimum atomic E-state index is 0.850. The van der Waals surface area contributed by atoms with Crippen LogP contribution in [0.15, 0.2) is 30.3 Å². The molecule has 0 aliphatic heterocycles. The summed E-state index contributed by atoms with van der Waals surface area (Å²) in [5.74, 6) is 0. The smallest absolute Gasteiger partial charge is 0.0484 e. The molecule has 84 valence electrons. The Labute approximate surface area is 102 Å². The summed E-state index contributed by atoms with van der Waals surface area (Å²) in [5.41, 5.74) is 2.81. The average molecular weight is 233 g/mol. The zero-order chi connectivity index (χ0) is 11.5. The standard InChI is InChI=1S/C15H17Cl/c1-3-4-6-12-10-13-7-5-8-15(16)14(13)9-11(12)2/h5,7-10H,3-4,6H2,1-2H3. The molecule has 0 aliphatic rings. The molecule has 0 radical (unpaired) electrons. The Balaban J connectivity index is 2.50. The van der Waals surface area contributed by atoms with Gasteiger partial charge in [0.1, 0.15) is 0 Å². The number of hydrogen-bond donors (Lipinski definition) is 0. The predicted molar refractivity (Wildman–Crippen MR) is 72.3 cm³/mol. The summed E-state index contributed by atoms with van der Waals surface area (Å²) < 4.78 is 0. The van der Waals surface area contributed by atoms with Crippen molar-refractivity contribution < 1.29 is 0 Å². The van der Waals surface area contributed by atoms with Crippen molar-refractivity contribution in [1.29, 1.82) is 0 Å². The molecule has 2 aromatic carbocycles. The lowest BCUT2D eigenvalue weighted by Gasteiger charge is -2.08. The van der Waals surface area contributed by atoms with Crippen molar-refractivity contribution in [2.24, 2.45) is 0 Å². The molecule has 0 spiro atoms. The van der Waals surface area contributed by atoms with Crippen molar-refractivity contribution >= 4 is 22.4 Å². The van der Waals surface area contributed by atoms with E-state index in [1.807, 2.05) is 12.1 Å². The Morgan fingerprint density at radius 1 is 1.19 bits per heavy atom. The van der Waals surface area contributed by atoms with Gasteiger partial charge in [0.25, 0.3) is 0 Å². The van der Waals surface area contributed by atoms with Gasteiger partial charge in [0, 0.05) is 10.4 Å². The van der Waals surface area contributed by atoms with Crippen LogP contribution >= 0.6 is 11.6 Å². The van der Waals surface area contributed by atoms with E-state index < -0.39 is 0 Å². The summed E-state index contributed by atoms with van der Waals surface area (Å²) in [6, 6.07) is 10.6. The number of rotatable bonds is 3. The Kier molecular flexibility index (Phi) is 3.50. The molecular formula is C15H17Cl. The molecule has 16 heavy (non-hydrogen) atoms. The Bertz CT molecular complexity index is 500. The second-order valence-electron chi connectivity index (χ2n) is 4.34. The molecule has 0 bridgehead atoms. The van der Waals surface area contributed by atoms with E-state index >= 15 is 0 Å². The second kappa shape index (κ2) is 4.88. The fourth-order valence-electron chi connectivity index (χ4n) is 2.08. The Morgan fingerprint density at radius 3 is 2.75 bits per heavy atom. The van der Waals surface area contributed by atoms with Crippen molar-refractivity contribution in [3.05, 3.63) is 46.5 Å². The normalized spacial score (nSPS) is 10.9. The van der Waals surface area contributed by atoms with Gasteiger partial charge in [-0.05, 0) is 48.4 Å². The zero-order valence-corrected chi connectivity index (χ0v) is 10.6. The third kappa shape index (κ3) is 2.22. The summed E-state index contributed by atoms with van der Waals surface area (Å²) in [6.07, 6.45) is 3.67. The molecule has 0 nitrogen and oxygen atoms in total. The van der Waals surface area contributed by atoms with Gasteiger partial charge < -0.3 is 0 Å². The quantitative estimate of drug-likeness (QED) is 0.687. The molecule has 0 aliphatic carbocycles. The maximum absolute atomic E-state index is 6.19. The van der Waals surface area contributed by atoms with Crippen molar-refractivity contribution in [3.63, 3.8) is 0 Å². The molecular weight excluding hydrogens is 216 g/mol. The van der Waals surface area contributed by atoms with Crippen LogP contribution in [0.4, 0.5) is 0 Å². The van der Waals surface area contributed by atoms with Crippen LogP contribution in [0, 0.1) is 6.92 Å². The van der Waals surface area contributed by atoms with E-state index in [0.29, 0.717) is 0 Å². The Morgan fingerprint density at radius 2 is 2.00 bits per heavy atom. The van der Waals surface area contributed by atoms with Gasteiger partial charge in [-0.3, -0.25) is 0 Å². The fourth-order valence-corrected chi connectivity index (χ4v) is 2.32. The maximum Gasteiger partial charge on any atom is 0.0484 e. The highest BCUT2D eigenvalue weighted by Crippen LogP contribution is 2.27. The first kappa shape index (κ1) is 11.5. The molecule has 0 amide bonds. The number of hydrogen-bond acceptors (Lipinski definition) is 0. The molecule has 1 heteroatoms. The van der Waals surface area contributed by atoms with Crippen molar-refractivity contribution in [2.75, 3.05) is 0 Å². The van der Waals surface area contributed by atoms with E-state index in [0.717, 1.165) is 5.02 Å². The van der Waals surface area contributed by atoms with Crippen molar-refractivity contribution in [3.8, 4) is 0 Å².